The summed E-state index contributed by atoms with van der Waals surface area (Å²) in [6.45, 7) is 8.34. The lowest BCUT2D eigenvalue weighted by atomic mass is 10.1. The molecule has 2 aromatic heterocycles. The van der Waals surface area contributed by atoms with Gasteiger partial charge in [-0.25, -0.2) is 9.97 Å². The van der Waals surface area contributed by atoms with E-state index in [0.29, 0.717) is 6.04 Å². The van der Waals surface area contributed by atoms with Crippen LogP contribution in [0.25, 0.3) is 10.9 Å². The molecule has 0 aliphatic carbocycles. The van der Waals surface area contributed by atoms with Gasteiger partial charge in [0.05, 0.1) is 11.6 Å². The largest absolute Gasteiger partial charge is 0.354 e. The van der Waals surface area contributed by atoms with E-state index in [4.69, 9.17) is 16.6 Å². The molecule has 130 valence electrons. The predicted octanol–water partition coefficient (Wildman–Crippen LogP) is 4.54. The van der Waals surface area contributed by atoms with Crippen molar-refractivity contribution in [3.05, 3.63) is 51.4 Å². The first-order valence-corrected chi connectivity index (χ1v) is 9.83. The van der Waals surface area contributed by atoms with Gasteiger partial charge in [0.1, 0.15) is 10.8 Å². The summed E-state index contributed by atoms with van der Waals surface area (Å²) in [7, 11) is 0. The zero-order valence-electron chi connectivity index (χ0n) is 14.4. The predicted molar refractivity (Wildman–Crippen MR) is 106 cm³/mol. The van der Waals surface area contributed by atoms with E-state index < -0.39 is 0 Å². The molecule has 6 heteroatoms. The molecule has 1 aromatic carbocycles. The van der Waals surface area contributed by atoms with Gasteiger partial charge in [0.15, 0.2) is 0 Å². The van der Waals surface area contributed by atoms with E-state index in [1.807, 2.05) is 18.3 Å². The van der Waals surface area contributed by atoms with Crippen molar-refractivity contribution >= 4 is 39.7 Å². The monoisotopic (exact) mass is 372 g/mol. The molecule has 4 nitrogen and oxygen atoms in total. The van der Waals surface area contributed by atoms with Crippen LogP contribution in [0.15, 0.2) is 35.8 Å². The number of rotatable bonds is 3. The third kappa shape index (κ3) is 3.24. The Morgan fingerprint density at radius 2 is 1.92 bits per heavy atom. The first kappa shape index (κ1) is 16.8. The van der Waals surface area contributed by atoms with Crippen molar-refractivity contribution in [3.8, 4) is 0 Å². The maximum absolute atomic E-state index is 6.30. The number of aromatic nitrogens is 2. The highest BCUT2D eigenvalue weighted by atomic mass is 35.5. The summed E-state index contributed by atoms with van der Waals surface area (Å²) < 4.78 is 0. The number of halogens is 1. The fourth-order valence-corrected chi connectivity index (χ4v) is 4.36. The standard InChI is InChI=1S/C19H21ClN4S/c1-13-3-5-16(20)15-4-6-17(22-18(13)15)24-10-8-23(9-11-24)14(2)19-21-7-12-25-19/h3-7,12,14H,8-11H2,1-2H3. The van der Waals surface area contributed by atoms with E-state index in [1.165, 1.54) is 5.01 Å². The fraction of sp³-hybridized carbons (Fsp3) is 0.368. The van der Waals surface area contributed by atoms with Crippen molar-refractivity contribution in [1.82, 2.24) is 14.9 Å². The van der Waals surface area contributed by atoms with Crippen molar-refractivity contribution in [2.45, 2.75) is 19.9 Å². The molecule has 1 aliphatic heterocycles. The van der Waals surface area contributed by atoms with Gasteiger partial charge in [-0.2, -0.15) is 0 Å². The Morgan fingerprint density at radius 3 is 2.64 bits per heavy atom. The van der Waals surface area contributed by atoms with E-state index in [9.17, 15) is 0 Å². The van der Waals surface area contributed by atoms with Crippen LogP contribution in [0.1, 0.15) is 23.5 Å². The molecule has 3 heterocycles. The number of pyridine rings is 1. The first-order chi connectivity index (χ1) is 12.1. The Labute approximate surface area is 157 Å². The summed E-state index contributed by atoms with van der Waals surface area (Å²) in [6, 6.07) is 8.55. The molecule has 0 amide bonds. The minimum atomic E-state index is 0.382. The fourth-order valence-electron chi connectivity index (χ4n) is 3.42. The summed E-state index contributed by atoms with van der Waals surface area (Å²) in [6.07, 6.45) is 1.89. The van der Waals surface area contributed by atoms with Crippen LogP contribution in [0.3, 0.4) is 0 Å². The van der Waals surface area contributed by atoms with Gasteiger partial charge < -0.3 is 4.90 Å². The van der Waals surface area contributed by atoms with Crippen LogP contribution >= 0.6 is 22.9 Å². The number of fused-ring (bicyclic) bond motifs is 1. The van der Waals surface area contributed by atoms with Crippen molar-refractivity contribution in [2.24, 2.45) is 0 Å². The number of anilines is 1. The van der Waals surface area contributed by atoms with E-state index in [0.717, 1.165) is 53.5 Å². The molecule has 0 radical (unpaired) electrons. The highest BCUT2D eigenvalue weighted by molar-refractivity contribution is 7.09. The molecule has 4 rings (SSSR count). The average molecular weight is 373 g/mol. The minimum absolute atomic E-state index is 0.382. The van der Waals surface area contributed by atoms with Crippen molar-refractivity contribution < 1.29 is 0 Å². The lowest BCUT2D eigenvalue weighted by Gasteiger charge is -2.38. The van der Waals surface area contributed by atoms with Crippen LogP contribution < -0.4 is 4.90 Å². The van der Waals surface area contributed by atoms with Gasteiger partial charge in [0.25, 0.3) is 0 Å². The molecular formula is C19H21ClN4S. The van der Waals surface area contributed by atoms with E-state index >= 15 is 0 Å². The zero-order valence-corrected chi connectivity index (χ0v) is 16.0. The maximum Gasteiger partial charge on any atom is 0.129 e. The molecule has 1 unspecified atom stereocenters. The summed E-state index contributed by atoms with van der Waals surface area (Å²) in [4.78, 5) is 14.2. The topological polar surface area (TPSA) is 32.3 Å². The molecule has 1 aliphatic rings. The van der Waals surface area contributed by atoms with Gasteiger partial charge >= 0.3 is 0 Å². The Balaban J connectivity index is 1.51. The minimum Gasteiger partial charge on any atom is -0.354 e. The smallest absolute Gasteiger partial charge is 0.129 e. The summed E-state index contributed by atoms with van der Waals surface area (Å²) in [5.41, 5.74) is 2.17. The number of aryl methyl sites for hydroxylation is 1. The number of hydrogen-bond acceptors (Lipinski definition) is 5. The number of nitrogens with zero attached hydrogens (tertiary/aromatic N) is 4. The molecule has 0 saturated carbocycles. The zero-order chi connectivity index (χ0) is 17.4. The normalized spacial score (nSPS) is 17.2. The number of hydrogen-bond donors (Lipinski definition) is 0. The second-order valence-electron chi connectivity index (χ2n) is 6.50. The highest BCUT2D eigenvalue weighted by Gasteiger charge is 2.24. The Bertz CT molecular complexity index is 873. The SMILES string of the molecule is Cc1ccc(Cl)c2ccc(N3CCN(C(C)c4nccs4)CC3)nc12. The molecule has 1 saturated heterocycles. The molecule has 0 N–H and O–H groups in total. The summed E-state index contributed by atoms with van der Waals surface area (Å²) in [5, 5.41) is 5.04. The molecule has 1 atom stereocenters. The second-order valence-corrected chi connectivity index (χ2v) is 7.83. The summed E-state index contributed by atoms with van der Waals surface area (Å²) >= 11 is 8.04. The molecule has 0 bridgehead atoms. The molecule has 1 fully saturated rings. The Morgan fingerprint density at radius 1 is 1.12 bits per heavy atom. The lowest BCUT2D eigenvalue weighted by molar-refractivity contribution is 0.198. The van der Waals surface area contributed by atoms with Crippen molar-refractivity contribution in [3.63, 3.8) is 0 Å². The van der Waals surface area contributed by atoms with Crippen LogP contribution in [-0.4, -0.2) is 41.0 Å². The number of thiazole rings is 1. The van der Waals surface area contributed by atoms with Crippen LogP contribution in [0.5, 0.6) is 0 Å². The summed E-state index contributed by atoms with van der Waals surface area (Å²) in [5.74, 6) is 1.04. The molecular weight excluding hydrogens is 352 g/mol. The van der Waals surface area contributed by atoms with Gasteiger partial charge in [-0.15, -0.1) is 11.3 Å². The van der Waals surface area contributed by atoms with E-state index in [2.05, 4.69) is 46.1 Å². The van der Waals surface area contributed by atoms with Crippen LogP contribution in [-0.2, 0) is 0 Å². The molecule has 25 heavy (non-hydrogen) atoms. The Kier molecular flexibility index (Phi) is 4.63. The average Bonchev–Trinajstić information content (AvgIpc) is 3.19. The van der Waals surface area contributed by atoms with Crippen LogP contribution in [0, 0.1) is 6.92 Å². The third-order valence-electron chi connectivity index (χ3n) is 4.99. The quantitative estimate of drug-likeness (QED) is 0.675. The van der Waals surface area contributed by atoms with Crippen molar-refractivity contribution in [1.29, 1.82) is 0 Å². The highest BCUT2D eigenvalue weighted by Crippen LogP contribution is 2.29. The van der Waals surface area contributed by atoms with E-state index in [1.54, 1.807) is 11.3 Å². The van der Waals surface area contributed by atoms with E-state index in [-0.39, 0.29) is 0 Å². The van der Waals surface area contributed by atoms with Gasteiger partial charge in [-0.1, -0.05) is 17.7 Å². The lowest BCUT2D eigenvalue weighted by Crippen LogP contribution is -2.47. The van der Waals surface area contributed by atoms with Gasteiger partial charge in [0.2, 0.25) is 0 Å². The number of piperazine rings is 1. The first-order valence-electron chi connectivity index (χ1n) is 8.58. The van der Waals surface area contributed by atoms with Gasteiger partial charge in [-0.3, -0.25) is 4.90 Å². The third-order valence-corrected chi connectivity index (χ3v) is 6.26. The van der Waals surface area contributed by atoms with Gasteiger partial charge in [0, 0.05) is 48.2 Å². The molecule has 0 spiro atoms. The maximum atomic E-state index is 6.30. The van der Waals surface area contributed by atoms with Crippen LogP contribution in [0.4, 0.5) is 5.82 Å². The second kappa shape index (κ2) is 6.90. The van der Waals surface area contributed by atoms with Gasteiger partial charge in [-0.05, 0) is 37.6 Å². The Hall–Kier alpha value is -1.69. The van der Waals surface area contributed by atoms with Crippen molar-refractivity contribution in [2.75, 3.05) is 31.1 Å². The molecule has 3 aromatic rings. The number of benzene rings is 1. The van der Waals surface area contributed by atoms with Crippen LogP contribution in [0.2, 0.25) is 5.02 Å².